The molecule has 1 aromatic rings. The first-order chi connectivity index (χ1) is 12.4. The Bertz CT molecular complexity index is 641. The van der Waals surface area contributed by atoms with Gasteiger partial charge in [-0.3, -0.25) is 9.59 Å². The lowest BCUT2D eigenvalue weighted by Crippen LogP contribution is -2.43. The predicted molar refractivity (Wildman–Crippen MR) is 97.0 cm³/mol. The highest BCUT2D eigenvalue weighted by Crippen LogP contribution is 2.24. The molecule has 0 aliphatic carbocycles. The van der Waals surface area contributed by atoms with E-state index in [9.17, 15) is 9.59 Å². The van der Waals surface area contributed by atoms with E-state index in [0.717, 1.165) is 25.1 Å². The molecule has 8 nitrogen and oxygen atoms in total. The molecule has 3 heterocycles. The first kappa shape index (κ1) is 18.4. The highest BCUT2D eigenvalue weighted by atomic mass is 16.5. The zero-order chi connectivity index (χ0) is 18.7. The van der Waals surface area contributed by atoms with Gasteiger partial charge in [0, 0.05) is 59.1 Å². The maximum absolute atomic E-state index is 12.7. The molecule has 2 amide bonds. The van der Waals surface area contributed by atoms with Gasteiger partial charge in [0.25, 0.3) is 0 Å². The number of aromatic nitrogens is 2. The van der Waals surface area contributed by atoms with Gasteiger partial charge in [0.2, 0.25) is 17.7 Å². The number of carbonyl (C=O) groups is 2. The van der Waals surface area contributed by atoms with E-state index in [1.165, 1.54) is 0 Å². The SMILES string of the molecule is CC(=O)N1CCC(C(=O)N2CCC(Oc3ccc(N(C)C)nn3)C2)CC1. The fourth-order valence-electron chi connectivity index (χ4n) is 3.51. The maximum Gasteiger partial charge on any atom is 0.233 e. The molecule has 0 radical (unpaired) electrons. The third-order valence-corrected chi connectivity index (χ3v) is 5.12. The molecule has 2 saturated heterocycles. The normalized spacial score (nSPS) is 21.0. The van der Waals surface area contributed by atoms with Crippen LogP contribution in [-0.4, -0.2) is 78.2 Å². The largest absolute Gasteiger partial charge is 0.471 e. The van der Waals surface area contributed by atoms with Crippen molar-refractivity contribution >= 4 is 17.6 Å². The third kappa shape index (κ3) is 4.23. The van der Waals surface area contributed by atoms with E-state index in [4.69, 9.17) is 4.74 Å². The number of rotatable bonds is 4. The van der Waals surface area contributed by atoms with Crippen molar-refractivity contribution in [2.24, 2.45) is 5.92 Å². The number of anilines is 1. The molecule has 2 aliphatic heterocycles. The van der Waals surface area contributed by atoms with Crippen LogP contribution in [0.5, 0.6) is 5.88 Å². The Balaban J connectivity index is 1.49. The summed E-state index contributed by atoms with van der Waals surface area (Å²) in [5, 5.41) is 8.20. The fourth-order valence-corrected chi connectivity index (χ4v) is 3.51. The topological polar surface area (TPSA) is 78.9 Å². The summed E-state index contributed by atoms with van der Waals surface area (Å²) >= 11 is 0. The Morgan fingerprint density at radius 1 is 1.08 bits per heavy atom. The minimum atomic E-state index is -0.0456. The lowest BCUT2D eigenvalue weighted by atomic mass is 9.95. The van der Waals surface area contributed by atoms with Gasteiger partial charge in [0.1, 0.15) is 6.10 Å². The summed E-state index contributed by atoms with van der Waals surface area (Å²) in [5.74, 6) is 1.56. The molecule has 2 fully saturated rings. The van der Waals surface area contributed by atoms with E-state index in [1.807, 2.05) is 40.9 Å². The van der Waals surface area contributed by atoms with Crippen molar-refractivity contribution in [1.82, 2.24) is 20.0 Å². The first-order valence-corrected chi connectivity index (χ1v) is 9.16. The fraction of sp³-hybridized carbons (Fsp3) is 0.667. The Morgan fingerprint density at radius 2 is 1.77 bits per heavy atom. The molecular formula is C18H27N5O3. The summed E-state index contributed by atoms with van der Waals surface area (Å²) in [7, 11) is 3.82. The monoisotopic (exact) mass is 361 g/mol. The van der Waals surface area contributed by atoms with Gasteiger partial charge in [0.15, 0.2) is 5.82 Å². The van der Waals surface area contributed by atoms with Gasteiger partial charge in [-0.15, -0.1) is 10.2 Å². The van der Waals surface area contributed by atoms with Crippen LogP contribution < -0.4 is 9.64 Å². The van der Waals surface area contributed by atoms with Crippen molar-refractivity contribution in [2.45, 2.75) is 32.3 Å². The lowest BCUT2D eigenvalue weighted by molar-refractivity contribution is -0.139. The van der Waals surface area contributed by atoms with Crippen molar-refractivity contribution in [1.29, 1.82) is 0 Å². The van der Waals surface area contributed by atoms with E-state index in [0.29, 0.717) is 32.1 Å². The van der Waals surface area contributed by atoms with E-state index in [2.05, 4.69) is 10.2 Å². The number of amides is 2. The molecule has 142 valence electrons. The quantitative estimate of drug-likeness (QED) is 0.789. The van der Waals surface area contributed by atoms with Gasteiger partial charge in [-0.05, 0) is 18.9 Å². The minimum absolute atomic E-state index is 0.0171. The number of piperidine rings is 1. The summed E-state index contributed by atoms with van der Waals surface area (Å²) < 4.78 is 5.89. The summed E-state index contributed by atoms with van der Waals surface area (Å²) in [6.45, 7) is 4.22. The van der Waals surface area contributed by atoms with Crippen LogP contribution in [0.3, 0.4) is 0 Å². The second-order valence-electron chi connectivity index (χ2n) is 7.22. The van der Waals surface area contributed by atoms with Crippen LogP contribution in [0.2, 0.25) is 0 Å². The average Bonchev–Trinajstić information content (AvgIpc) is 3.10. The van der Waals surface area contributed by atoms with Crippen molar-refractivity contribution in [2.75, 3.05) is 45.2 Å². The Morgan fingerprint density at radius 3 is 2.35 bits per heavy atom. The second kappa shape index (κ2) is 7.88. The number of ether oxygens (including phenoxy) is 1. The van der Waals surface area contributed by atoms with Crippen LogP contribution in [0.1, 0.15) is 26.2 Å². The summed E-state index contributed by atoms with van der Waals surface area (Å²) in [4.78, 5) is 29.7. The van der Waals surface area contributed by atoms with E-state index < -0.39 is 0 Å². The number of hydrogen-bond acceptors (Lipinski definition) is 6. The molecule has 2 aliphatic rings. The van der Waals surface area contributed by atoms with Crippen molar-refractivity contribution in [3.05, 3.63) is 12.1 Å². The molecule has 26 heavy (non-hydrogen) atoms. The lowest BCUT2D eigenvalue weighted by Gasteiger charge is -2.32. The molecule has 1 atom stereocenters. The van der Waals surface area contributed by atoms with Crippen molar-refractivity contribution < 1.29 is 14.3 Å². The average molecular weight is 361 g/mol. The molecule has 0 saturated carbocycles. The van der Waals surface area contributed by atoms with E-state index in [-0.39, 0.29) is 23.8 Å². The Hall–Kier alpha value is -2.38. The molecule has 8 heteroatoms. The van der Waals surface area contributed by atoms with Crippen LogP contribution in [0.4, 0.5) is 5.82 Å². The summed E-state index contributed by atoms with van der Waals surface area (Å²) in [5.41, 5.74) is 0. The zero-order valence-electron chi connectivity index (χ0n) is 15.7. The molecular weight excluding hydrogens is 334 g/mol. The van der Waals surface area contributed by atoms with Crippen LogP contribution >= 0.6 is 0 Å². The number of carbonyl (C=O) groups excluding carboxylic acids is 2. The van der Waals surface area contributed by atoms with Gasteiger partial charge in [0.05, 0.1) is 6.54 Å². The molecule has 0 N–H and O–H groups in total. The van der Waals surface area contributed by atoms with Gasteiger partial charge >= 0.3 is 0 Å². The third-order valence-electron chi connectivity index (χ3n) is 5.12. The highest BCUT2D eigenvalue weighted by Gasteiger charge is 2.34. The van der Waals surface area contributed by atoms with Gasteiger partial charge < -0.3 is 19.4 Å². The second-order valence-corrected chi connectivity index (χ2v) is 7.22. The van der Waals surface area contributed by atoms with Gasteiger partial charge in [-0.1, -0.05) is 0 Å². The first-order valence-electron chi connectivity index (χ1n) is 9.16. The number of likely N-dealkylation sites (tertiary alicyclic amines) is 2. The van der Waals surface area contributed by atoms with Crippen LogP contribution in [0.15, 0.2) is 12.1 Å². The summed E-state index contributed by atoms with van der Waals surface area (Å²) in [6, 6.07) is 3.67. The van der Waals surface area contributed by atoms with Crippen molar-refractivity contribution in [3.8, 4) is 5.88 Å². The standard InChI is InChI=1S/C18H27N5O3/c1-13(24)22-9-6-14(7-10-22)18(25)23-11-8-15(12-23)26-17-5-4-16(19-20-17)21(2)3/h4-5,14-15H,6-12H2,1-3H3. The highest BCUT2D eigenvalue weighted by molar-refractivity contribution is 5.80. The molecule has 0 bridgehead atoms. The zero-order valence-corrected chi connectivity index (χ0v) is 15.7. The van der Waals surface area contributed by atoms with Crippen LogP contribution in [-0.2, 0) is 9.59 Å². The maximum atomic E-state index is 12.7. The smallest absolute Gasteiger partial charge is 0.233 e. The molecule has 1 aromatic heterocycles. The van der Waals surface area contributed by atoms with Gasteiger partial charge in [-0.2, -0.15) is 0 Å². The van der Waals surface area contributed by atoms with Crippen LogP contribution in [0.25, 0.3) is 0 Å². The molecule has 0 aromatic carbocycles. The van der Waals surface area contributed by atoms with E-state index >= 15 is 0 Å². The molecule has 1 unspecified atom stereocenters. The van der Waals surface area contributed by atoms with Crippen LogP contribution in [0, 0.1) is 5.92 Å². The van der Waals surface area contributed by atoms with Crippen molar-refractivity contribution in [3.63, 3.8) is 0 Å². The minimum Gasteiger partial charge on any atom is -0.471 e. The Kier molecular flexibility index (Phi) is 5.58. The van der Waals surface area contributed by atoms with E-state index in [1.54, 1.807) is 6.92 Å². The predicted octanol–water partition coefficient (Wildman–Crippen LogP) is 0.781. The number of hydrogen-bond donors (Lipinski definition) is 0. The van der Waals surface area contributed by atoms with Gasteiger partial charge in [-0.25, -0.2) is 0 Å². The Labute approximate surface area is 154 Å². The molecule has 0 spiro atoms. The molecule has 3 rings (SSSR count). The number of nitrogens with zero attached hydrogens (tertiary/aromatic N) is 5. The summed E-state index contributed by atoms with van der Waals surface area (Å²) in [6.07, 6.45) is 2.25.